The summed E-state index contributed by atoms with van der Waals surface area (Å²) in [6, 6.07) is 7.47. The number of halogens is 2. The minimum atomic E-state index is 0.390. The Morgan fingerprint density at radius 1 is 1.32 bits per heavy atom. The number of benzene rings is 1. The first kappa shape index (κ1) is 15.5. The molecule has 1 fully saturated rings. The van der Waals surface area contributed by atoms with Gasteiger partial charge < -0.3 is 5.32 Å². The minimum absolute atomic E-state index is 0.390. The van der Waals surface area contributed by atoms with Crippen LogP contribution in [0.4, 0.5) is 0 Å². The Morgan fingerprint density at radius 2 is 2.05 bits per heavy atom. The van der Waals surface area contributed by atoms with Crippen molar-refractivity contribution in [1.29, 1.82) is 0 Å². The molecule has 0 heterocycles. The van der Waals surface area contributed by atoms with E-state index in [0.29, 0.717) is 17.5 Å². The van der Waals surface area contributed by atoms with Gasteiger partial charge in [-0.1, -0.05) is 58.2 Å². The van der Waals surface area contributed by atoms with Gasteiger partial charge >= 0.3 is 0 Å². The third kappa shape index (κ3) is 4.30. The maximum absolute atomic E-state index is 3.81. The van der Waals surface area contributed by atoms with E-state index in [-0.39, 0.29) is 0 Å². The topological polar surface area (TPSA) is 12.0 Å². The lowest BCUT2D eigenvalue weighted by Gasteiger charge is -2.37. The van der Waals surface area contributed by atoms with Gasteiger partial charge in [0.2, 0.25) is 0 Å². The number of rotatable bonds is 3. The molecule has 0 radical (unpaired) electrons. The average molecular weight is 389 g/mol. The van der Waals surface area contributed by atoms with Crippen LogP contribution >= 0.6 is 31.9 Å². The standard InChI is InChI=1S/C16H23Br2N/c1-11(14-7-6-12(17)9-15(14)18)19-13-5-4-8-16(2,3)10-13/h6-7,9,11,13,19H,4-5,8,10H2,1-3H3. The molecule has 0 aromatic heterocycles. The smallest absolute Gasteiger partial charge is 0.0305 e. The molecule has 2 rings (SSSR count). The molecule has 0 amide bonds. The van der Waals surface area contributed by atoms with E-state index in [4.69, 9.17) is 0 Å². The molecule has 2 atom stereocenters. The molecular weight excluding hydrogens is 366 g/mol. The first-order valence-corrected chi connectivity index (χ1v) is 8.67. The maximum atomic E-state index is 3.81. The molecule has 0 spiro atoms. The third-order valence-electron chi connectivity index (χ3n) is 4.12. The molecule has 1 aliphatic rings. The molecule has 1 saturated carbocycles. The largest absolute Gasteiger partial charge is 0.307 e. The van der Waals surface area contributed by atoms with Crippen LogP contribution in [0.15, 0.2) is 27.1 Å². The lowest BCUT2D eigenvalue weighted by atomic mass is 9.75. The highest BCUT2D eigenvalue weighted by Crippen LogP contribution is 2.36. The van der Waals surface area contributed by atoms with Gasteiger partial charge in [-0.25, -0.2) is 0 Å². The zero-order chi connectivity index (χ0) is 14.0. The molecule has 3 heteroatoms. The minimum Gasteiger partial charge on any atom is -0.307 e. The van der Waals surface area contributed by atoms with Gasteiger partial charge in [-0.05, 0) is 49.3 Å². The zero-order valence-corrected chi connectivity index (χ0v) is 15.1. The van der Waals surface area contributed by atoms with Crippen molar-refractivity contribution < 1.29 is 0 Å². The Morgan fingerprint density at radius 3 is 2.68 bits per heavy atom. The van der Waals surface area contributed by atoms with Gasteiger partial charge in [0.1, 0.15) is 0 Å². The van der Waals surface area contributed by atoms with Crippen LogP contribution in [0.2, 0.25) is 0 Å². The first-order chi connectivity index (χ1) is 8.87. The summed E-state index contributed by atoms with van der Waals surface area (Å²) in [7, 11) is 0. The Bertz CT molecular complexity index is 442. The second kappa shape index (κ2) is 6.28. The van der Waals surface area contributed by atoms with Gasteiger partial charge in [-0.15, -0.1) is 0 Å². The Labute approximate surface area is 133 Å². The molecule has 0 saturated heterocycles. The van der Waals surface area contributed by atoms with Crippen LogP contribution in [-0.2, 0) is 0 Å². The van der Waals surface area contributed by atoms with Crippen molar-refractivity contribution >= 4 is 31.9 Å². The fourth-order valence-corrected chi connectivity index (χ4v) is 4.53. The average Bonchev–Trinajstić information content (AvgIpc) is 2.27. The van der Waals surface area contributed by atoms with Gasteiger partial charge in [-0.2, -0.15) is 0 Å². The van der Waals surface area contributed by atoms with Crippen LogP contribution in [0, 0.1) is 5.41 Å². The fourth-order valence-electron chi connectivity index (χ4n) is 3.14. The van der Waals surface area contributed by atoms with E-state index < -0.39 is 0 Å². The van der Waals surface area contributed by atoms with Crippen LogP contribution in [0.3, 0.4) is 0 Å². The molecule has 1 nitrogen and oxygen atoms in total. The van der Waals surface area contributed by atoms with Crippen molar-refractivity contribution in [2.75, 3.05) is 0 Å². The van der Waals surface area contributed by atoms with Gasteiger partial charge in [-0.3, -0.25) is 0 Å². The second-order valence-corrected chi connectivity index (χ2v) is 8.28. The highest BCUT2D eigenvalue weighted by molar-refractivity contribution is 9.11. The summed E-state index contributed by atoms with van der Waals surface area (Å²) in [6.07, 6.45) is 5.30. The Balaban J connectivity index is 2.02. The quantitative estimate of drug-likeness (QED) is 0.686. The summed E-state index contributed by atoms with van der Waals surface area (Å²) in [5.74, 6) is 0. The number of hydrogen-bond donors (Lipinski definition) is 1. The third-order valence-corrected chi connectivity index (χ3v) is 5.30. The van der Waals surface area contributed by atoms with E-state index in [9.17, 15) is 0 Å². The van der Waals surface area contributed by atoms with Crippen molar-refractivity contribution in [2.24, 2.45) is 5.41 Å². The molecule has 1 aromatic carbocycles. The summed E-state index contributed by atoms with van der Waals surface area (Å²) in [4.78, 5) is 0. The van der Waals surface area contributed by atoms with Crippen LogP contribution < -0.4 is 5.32 Å². The van der Waals surface area contributed by atoms with Gasteiger partial charge in [0.05, 0.1) is 0 Å². The zero-order valence-electron chi connectivity index (χ0n) is 12.0. The van der Waals surface area contributed by atoms with Crippen LogP contribution in [0.1, 0.15) is 58.1 Å². The molecule has 1 aliphatic carbocycles. The SMILES string of the molecule is CC(NC1CCCC(C)(C)C1)c1ccc(Br)cc1Br. The highest BCUT2D eigenvalue weighted by Gasteiger charge is 2.28. The molecule has 0 bridgehead atoms. The predicted octanol–water partition coefficient (Wildman–Crippen LogP) is 5.83. The van der Waals surface area contributed by atoms with E-state index in [1.165, 1.54) is 35.7 Å². The van der Waals surface area contributed by atoms with E-state index >= 15 is 0 Å². The Kier molecular flexibility index (Phi) is 5.13. The predicted molar refractivity (Wildman–Crippen MR) is 89.4 cm³/mol. The normalized spacial score (nSPS) is 24.2. The van der Waals surface area contributed by atoms with Crippen molar-refractivity contribution in [2.45, 2.75) is 58.5 Å². The molecule has 106 valence electrons. The van der Waals surface area contributed by atoms with Crippen molar-refractivity contribution in [3.05, 3.63) is 32.7 Å². The first-order valence-electron chi connectivity index (χ1n) is 7.08. The molecule has 19 heavy (non-hydrogen) atoms. The van der Waals surface area contributed by atoms with E-state index in [2.05, 4.69) is 76.1 Å². The summed E-state index contributed by atoms with van der Waals surface area (Å²) in [5.41, 5.74) is 1.83. The second-order valence-electron chi connectivity index (χ2n) is 6.51. The lowest BCUT2D eigenvalue weighted by molar-refractivity contribution is 0.191. The Hall–Kier alpha value is 0.140. The monoisotopic (exact) mass is 387 g/mol. The molecule has 2 unspecified atom stereocenters. The summed E-state index contributed by atoms with van der Waals surface area (Å²) in [6.45, 7) is 7.04. The highest BCUT2D eigenvalue weighted by atomic mass is 79.9. The molecule has 0 aliphatic heterocycles. The van der Waals surface area contributed by atoms with Crippen molar-refractivity contribution in [3.63, 3.8) is 0 Å². The van der Waals surface area contributed by atoms with E-state index in [1.54, 1.807) is 0 Å². The summed E-state index contributed by atoms with van der Waals surface area (Å²) < 4.78 is 2.30. The summed E-state index contributed by atoms with van der Waals surface area (Å²) >= 11 is 7.17. The molecule has 1 aromatic rings. The summed E-state index contributed by atoms with van der Waals surface area (Å²) in [5, 5.41) is 3.81. The molecule has 1 N–H and O–H groups in total. The fraction of sp³-hybridized carbons (Fsp3) is 0.625. The van der Waals surface area contributed by atoms with E-state index in [1.807, 2.05) is 0 Å². The van der Waals surface area contributed by atoms with Gasteiger partial charge in [0, 0.05) is 21.0 Å². The van der Waals surface area contributed by atoms with Crippen LogP contribution in [0.25, 0.3) is 0 Å². The van der Waals surface area contributed by atoms with Crippen molar-refractivity contribution in [1.82, 2.24) is 5.32 Å². The van der Waals surface area contributed by atoms with Gasteiger partial charge in [0.15, 0.2) is 0 Å². The van der Waals surface area contributed by atoms with Gasteiger partial charge in [0.25, 0.3) is 0 Å². The number of nitrogens with one attached hydrogen (secondary N) is 1. The van der Waals surface area contributed by atoms with Crippen molar-refractivity contribution in [3.8, 4) is 0 Å². The number of hydrogen-bond acceptors (Lipinski definition) is 1. The van der Waals surface area contributed by atoms with E-state index in [0.717, 1.165) is 4.47 Å². The molecular formula is C16H23Br2N. The maximum Gasteiger partial charge on any atom is 0.0305 e. The van der Waals surface area contributed by atoms with Crippen LogP contribution in [-0.4, -0.2) is 6.04 Å². The van der Waals surface area contributed by atoms with Crippen LogP contribution in [0.5, 0.6) is 0 Å². The lowest BCUT2D eigenvalue weighted by Crippen LogP contribution is -2.38.